The largest absolute Gasteiger partial charge is 0.465 e. The molecule has 0 aliphatic rings. The molecule has 1 aromatic carbocycles. The molecule has 0 aromatic heterocycles. The van der Waals surface area contributed by atoms with Gasteiger partial charge in [0.1, 0.15) is 6.04 Å². The molecule has 0 spiro atoms. The van der Waals surface area contributed by atoms with Crippen molar-refractivity contribution in [2.24, 2.45) is 5.73 Å². The van der Waals surface area contributed by atoms with E-state index in [2.05, 4.69) is 12.1 Å². The molecule has 0 saturated heterocycles. The maximum atomic E-state index is 11.0. The van der Waals surface area contributed by atoms with Crippen LogP contribution in [0.3, 0.4) is 0 Å². The van der Waals surface area contributed by atoms with Crippen LogP contribution >= 0.6 is 0 Å². The van der Waals surface area contributed by atoms with Gasteiger partial charge in [0.25, 0.3) is 0 Å². The van der Waals surface area contributed by atoms with Gasteiger partial charge in [-0.2, -0.15) is 0 Å². The topological polar surface area (TPSA) is 52.3 Å². The fourth-order valence-electron chi connectivity index (χ4n) is 1.23. The summed E-state index contributed by atoms with van der Waals surface area (Å²) >= 11 is 0. The minimum Gasteiger partial charge on any atom is -0.465 e. The Morgan fingerprint density at radius 3 is 2.67 bits per heavy atom. The maximum Gasteiger partial charge on any atom is 0.322 e. The summed E-state index contributed by atoms with van der Waals surface area (Å²) in [5, 5.41) is 0. The summed E-state index contributed by atoms with van der Waals surface area (Å²) in [5.74, 6) is -0.330. The van der Waals surface area contributed by atoms with Gasteiger partial charge >= 0.3 is 5.97 Å². The molecule has 3 heteroatoms. The zero-order valence-electron chi connectivity index (χ0n) is 8.98. The molecule has 1 atom stereocenters. The number of carbonyl (C=O) groups excluding carboxylic acids is 1. The van der Waals surface area contributed by atoms with Crippen molar-refractivity contribution < 1.29 is 9.53 Å². The van der Waals surface area contributed by atoms with Gasteiger partial charge in [0, 0.05) is 0 Å². The van der Waals surface area contributed by atoms with Gasteiger partial charge in [0.05, 0.1) is 6.61 Å². The van der Waals surface area contributed by atoms with Crippen LogP contribution in [0.1, 0.15) is 18.9 Å². The van der Waals surface area contributed by atoms with Crippen LogP contribution in [0.4, 0.5) is 0 Å². The summed E-state index contributed by atoms with van der Waals surface area (Å²) < 4.78 is 4.96. The molecule has 0 heterocycles. The van der Waals surface area contributed by atoms with E-state index < -0.39 is 6.04 Å². The number of hydrogen-bond acceptors (Lipinski definition) is 3. The number of rotatable bonds is 5. The molecule has 3 nitrogen and oxygen atoms in total. The van der Waals surface area contributed by atoms with E-state index in [4.69, 9.17) is 10.5 Å². The van der Waals surface area contributed by atoms with Crippen molar-refractivity contribution in [3.63, 3.8) is 0 Å². The average molecular weight is 207 g/mol. The van der Waals surface area contributed by atoms with Crippen molar-refractivity contribution in [2.75, 3.05) is 6.61 Å². The van der Waals surface area contributed by atoms with E-state index in [0.717, 1.165) is 12.8 Å². The third-order valence-electron chi connectivity index (χ3n) is 2.07. The molecule has 2 N–H and O–H groups in total. The summed E-state index contributed by atoms with van der Waals surface area (Å²) in [6.45, 7) is 2.06. The van der Waals surface area contributed by atoms with Crippen molar-refractivity contribution in [1.29, 1.82) is 0 Å². The molecule has 0 aliphatic carbocycles. The van der Waals surface area contributed by atoms with E-state index in [1.165, 1.54) is 5.56 Å². The first-order chi connectivity index (χ1) is 7.20. The monoisotopic (exact) mass is 207 g/mol. The smallest absolute Gasteiger partial charge is 0.322 e. The second-order valence-electron chi connectivity index (χ2n) is 3.55. The Kier molecular flexibility index (Phi) is 4.84. The standard InChI is InChI=1S/C12H17NO2/c1-10(13)12(14)15-9-5-8-11-6-3-2-4-7-11/h2-4,6-7,10H,5,8-9,13H2,1H3. The molecule has 0 amide bonds. The van der Waals surface area contributed by atoms with Crippen molar-refractivity contribution in [1.82, 2.24) is 0 Å². The van der Waals surface area contributed by atoms with E-state index >= 15 is 0 Å². The average Bonchev–Trinajstić information content (AvgIpc) is 2.25. The van der Waals surface area contributed by atoms with Gasteiger partial charge in [-0.3, -0.25) is 4.79 Å². The van der Waals surface area contributed by atoms with Crippen molar-refractivity contribution in [2.45, 2.75) is 25.8 Å². The van der Waals surface area contributed by atoms with Gasteiger partial charge in [0.15, 0.2) is 0 Å². The Hall–Kier alpha value is -1.35. The summed E-state index contributed by atoms with van der Waals surface area (Å²) in [4.78, 5) is 11.0. The molecule has 1 unspecified atom stereocenters. The number of hydrogen-bond donors (Lipinski definition) is 1. The predicted octanol–water partition coefficient (Wildman–Crippen LogP) is 1.51. The first kappa shape index (κ1) is 11.7. The van der Waals surface area contributed by atoms with E-state index in [0.29, 0.717) is 6.61 Å². The summed E-state index contributed by atoms with van der Waals surface area (Å²) in [6.07, 6.45) is 1.76. The van der Waals surface area contributed by atoms with Crippen LogP contribution in [0.2, 0.25) is 0 Å². The van der Waals surface area contributed by atoms with Crippen LogP contribution in [0.15, 0.2) is 30.3 Å². The fraction of sp³-hybridized carbons (Fsp3) is 0.417. The fourth-order valence-corrected chi connectivity index (χ4v) is 1.23. The van der Waals surface area contributed by atoms with Gasteiger partial charge in [0.2, 0.25) is 0 Å². The first-order valence-electron chi connectivity index (χ1n) is 5.16. The normalized spacial score (nSPS) is 12.1. The first-order valence-corrected chi connectivity index (χ1v) is 5.16. The van der Waals surface area contributed by atoms with E-state index in [9.17, 15) is 4.79 Å². The lowest BCUT2D eigenvalue weighted by molar-refractivity contribution is -0.144. The Bertz CT molecular complexity index is 296. The van der Waals surface area contributed by atoms with Gasteiger partial charge in [-0.05, 0) is 25.3 Å². The lowest BCUT2D eigenvalue weighted by Crippen LogP contribution is -2.29. The Morgan fingerprint density at radius 2 is 2.07 bits per heavy atom. The molecule has 0 bridgehead atoms. The molecule has 0 radical (unpaired) electrons. The molecule has 0 saturated carbocycles. The SMILES string of the molecule is CC(N)C(=O)OCCCc1ccccc1. The Labute approximate surface area is 90.2 Å². The lowest BCUT2D eigenvalue weighted by Gasteiger charge is -2.06. The molecule has 1 rings (SSSR count). The lowest BCUT2D eigenvalue weighted by atomic mass is 10.1. The van der Waals surface area contributed by atoms with Crippen LogP contribution in [0.25, 0.3) is 0 Å². The third kappa shape index (κ3) is 4.61. The van der Waals surface area contributed by atoms with Gasteiger partial charge in [-0.1, -0.05) is 30.3 Å². The molecular formula is C12H17NO2. The maximum absolute atomic E-state index is 11.0. The van der Waals surface area contributed by atoms with E-state index in [1.54, 1.807) is 6.92 Å². The molecule has 0 fully saturated rings. The van der Waals surface area contributed by atoms with Crippen LogP contribution < -0.4 is 5.73 Å². The number of ether oxygens (including phenoxy) is 1. The number of nitrogens with two attached hydrogens (primary N) is 1. The number of benzene rings is 1. The zero-order chi connectivity index (χ0) is 11.1. The summed E-state index contributed by atoms with van der Waals surface area (Å²) in [7, 11) is 0. The highest BCUT2D eigenvalue weighted by atomic mass is 16.5. The molecule has 82 valence electrons. The van der Waals surface area contributed by atoms with Crippen LogP contribution in [-0.4, -0.2) is 18.6 Å². The minimum atomic E-state index is -0.526. The second kappa shape index (κ2) is 6.19. The summed E-state index contributed by atoms with van der Waals surface area (Å²) in [6, 6.07) is 9.59. The van der Waals surface area contributed by atoms with Crippen LogP contribution in [0, 0.1) is 0 Å². The molecule has 1 aromatic rings. The van der Waals surface area contributed by atoms with Gasteiger partial charge in [-0.25, -0.2) is 0 Å². The quantitative estimate of drug-likeness (QED) is 0.588. The van der Waals surface area contributed by atoms with Crippen molar-refractivity contribution in [3.05, 3.63) is 35.9 Å². The highest BCUT2D eigenvalue weighted by Gasteiger charge is 2.07. The number of esters is 1. The second-order valence-corrected chi connectivity index (χ2v) is 3.55. The van der Waals surface area contributed by atoms with Gasteiger partial charge < -0.3 is 10.5 Å². The van der Waals surface area contributed by atoms with Crippen LogP contribution in [0.5, 0.6) is 0 Å². The Morgan fingerprint density at radius 1 is 1.40 bits per heavy atom. The molecular weight excluding hydrogens is 190 g/mol. The summed E-state index contributed by atoms with van der Waals surface area (Å²) in [5.41, 5.74) is 6.61. The molecule has 15 heavy (non-hydrogen) atoms. The Balaban J connectivity index is 2.15. The van der Waals surface area contributed by atoms with Gasteiger partial charge in [-0.15, -0.1) is 0 Å². The zero-order valence-corrected chi connectivity index (χ0v) is 8.98. The number of aryl methyl sites for hydroxylation is 1. The van der Waals surface area contributed by atoms with Crippen molar-refractivity contribution >= 4 is 5.97 Å². The highest BCUT2D eigenvalue weighted by molar-refractivity contribution is 5.74. The number of carbonyl (C=O) groups is 1. The van der Waals surface area contributed by atoms with E-state index in [1.807, 2.05) is 18.2 Å². The third-order valence-corrected chi connectivity index (χ3v) is 2.07. The van der Waals surface area contributed by atoms with E-state index in [-0.39, 0.29) is 5.97 Å². The van der Waals surface area contributed by atoms with Crippen LogP contribution in [-0.2, 0) is 16.0 Å². The molecule has 0 aliphatic heterocycles. The predicted molar refractivity (Wildman–Crippen MR) is 59.4 cm³/mol. The van der Waals surface area contributed by atoms with Crippen molar-refractivity contribution in [3.8, 4) is 0 Å². The highest BCUT2D eigenvalue weighted by Crippen LogP contribution is 2.02. The minimum absolute atomic E-state index is 0.330.